The lowest BCUT2D eigenvalue weighted by Crippen LogP contribution is -2.57. The van der Waals surface area contributed by atoms with Crippen LogP contribution in [0.15, 0.2) is 42.7 Å². The molecule has 2 aromatic rings. The number of aromatic nitrogens is 2. The van der Waals surface area contributed by atoms with Crippen molar-refractivity contribution in [3.05, 3.63) is 42.7 Å². The summed E-state index contributed by atoms with van der Waals surface area (Å²) in [4.78, 5) is 30.2. The molecule has 1 aromatic heterocycles. The standard InChI is InChI=1S/C34H48N6O4/c1-25-23-38(32(41)44-31-11-10-18-34(37-31)16-8-6-4-3-5-7-9-17-34)30-21-26(12-13-29(30)40(25)33(42)43-2)27-22-36-39(24-27)28-14-19-35-20-15-28/h6,8,12-13,21-22,24-25,28,31,35,37H,3-5,7,9-11,14-20,23H2,1-2H3/b8-6-/t25-,31?,34?/m0/s1. The first-order valence-corrected chi connectivity index (χ1v) is 16.6. The molecule has 3 atom stereocenters. The lowest BCUT2D eigenvalue weighted by molar-refractivity contribution is 0.0226. The first-order chi connectivity index (χ1) is 21.5. The van der Waals surface area contributed by atoms with E-state index in [0.717, 1.165) is 75.6 Å². The van der Waals surface area contributed by atoms with Crippen LogP contribution in [0.5, 0.6) is 0 Å². The maximum Gasteiger partial charge on any atom is 0.416 e. The van der Waals surface area contributed by atoms with Crippen molar-refractivity contribution >= 4 is 23.6 Å². The van der Waals surface area contributed by atoms with Gasteiger partial charge in [-0.2, -0.15) is 5.10 Å². The van der Waals surface area contributed by atoms with Crippen LogP contribution in [0.4, 0.5) is 21.0 Å². The summed E-state index contributed by atoms with van der Waals surface area (Å²) in [6.07, 6.45) is 20.6. The van der Waals surface area contributed by atoms with E-state index in [1.54, 1.807) is 9.80 Å². The summed E-state index contributed by atoms with van der Waals surface area (Å²) < 4.78 is 13.4. The van der Waals surface area contributed by atoms with Gasteiger partial charge in [0, 0.05) is 17.3 Å². The number of hydrogen-bond acceptors (Lipinski definition) is 7. The van der Waals surface area contributed by atoms with Crippen LogP contribution < -0.4 is 20.4 Å². The number of ether oxygens (including phenoxy) is 2. The van der Waals surface area contributed by atoms with Gasteiger partial charge in [-0.25, -0.2) is 9.59 Å². The van der Waals surface area contributed by atoms with E-state index in [0.29, 0.717) is 24.0 Å². The topological polar surface area (TPSA) is 101 Å². The fourth-order valence-corrected chi connectivity index (χ4v) is 7.46. The predicted octanol–water partition coefficient (Wildman–Crippen LogP) is 6.53. The van der Waals surface area contributed by atoms with Crippen molar-refractivity contribution in [2.24, 2.45) is 0 Å². The van der Waals surface area contributed by atoms with Crippen molar-refractivity contribution in [3.63, 3.8) is 0 Å². The van der Waals surface area contributed by atoms with Crippen molar-refractivity contribution in [2.75, 3.05) is 36.5 Å². The van der Waals surface area contributed by atoms with E-state index < -0.39 is 12.2 Å². The number of fused-ring (bicyclic) bond motifs is 1. The Morgan fingerprint density at radius 3 is 2.61 bits per heavy atom. The summed E-state index contributed by atoms with van der Waals surface area (Å²) >= 11 is 0. The molecule has 44 heavy (non-hydrogen) atoms. The third-order valence-electron chi connectivity index (χ3n) is 9.91. The molecule has 1 aliphatic carbocycles. The highest BCUT2D eigenvalue weighted by molar-refractivity contribution is 6.01. The normalized spacial score (nSPS) is 27.4. The third-order valence-corrected chi connectivity index (χ3v) is 9.91. The average molecular weight is 605 g/mol. The first-order valence-electron chi connectivity index (χ1n) is 16.6. The molecule has 2 amide bonds. The highest BCUT2D eigenvalue weighted by Crippen LogP contribution is 2.40. The molecule has 10 heteroatoms. The van der Waals surface area contributed by atoms with Gasteiger partial charge in [-0.15, -0.1) is 0 Å². The fraction of sp³-hybridized carbons (Fsp3) is 0.618. The van der Waals surface area contributed by atoms with Crippen LogP contribution in [0.3, 0.4) is 0 Å². The molecule has 4 heterocycles. The monoisotopic (exact) mass is 604 g/mol. The second-order valence-electron chi connectivity index (χ2n) is 13.0. The minimum Gasteiger partial charge on any atom is -0.452 e. The number of methoxy groups -OCH3 is 1. The molecule has 0 bridgehead atoms. The Hall–Kier alpha value is -3.37. The third kappa shape index (κ3) is 6.66. The summed E-state index contributed by atoms with van der Waals surface area (Å²) in [7, 11) is 1.39. The number of benzene rings is 1. The Bertz CT molecular complexity index is 1340. The number of hydrogen-bond donors (Lipinski definition) is 2. The smallest absolute Gasteiger partial charge is 0.416 e. The zero-order valence-electron chi connectivity index (χ0n) is 26.3. The van der Waals surface area contributed by atoms with Crippen molar-refractivity contribution < 1.29 is 19.1 Å². The number of nitrogens with zero attached hydrogens (tertiary/aromatic N) is 4. The Balaban J connectivity index is 1.25. The van der Waals surface area contributed by atoms with E-state index in [9.17, 15) is 9.59 Å². The van der Waals surface area contributed by atoms with Crippen LogP contribution in [-0.2, 0) is 9.47 Å². The Kier molecular flexibility index (Phi) is 9.56. The van der Waals surface area contributed by atoms with E-state index in [4.69, 9.17) is 9.47 Å². The Labute approximate surface area is 261 Å². The molecule has 2 unspecified atom stereocenters. The number of nitrogens with one attached hydrogen (secondary N) is 2. The van der Waals surface area contributed by atoms with E-state index in [1.807, 2.05) is 31.3 Å². The number of carbonyl (C=O) groups is 2. The molecule has 2 N–H and O–H groups in total. The van der Waals surface area contributed by atoms with Gasteiger partial charge in [0.05, 0.1) is 43.3 Å². The van der Waals surface area contributed by atoms with Gasteiger partial charge in [0.15, 0.2) is 6.23 Å². The SMILES string of the molecule is COC(=O)N1c2ccc(-c3cnn(C4CCNCC4)c3)cc2N(C(=O)OC2CCCC3(C/C=C\CCCCCC3)N2)C[C@@H]1C. The molecule has 6 rings (SSSR count). The number of rotatable bonds is 3. The van der Waals surface area contributed by atoms with Gasteiger partial charge in [-0.3, -0.25) is 19.8 Å². The molecule has 0 radical (unpaired) electrons. The van der Waals surface area contributed by atoms with Crippen LogP contribution in [0.2, 0.25) is 0 Å². The molecule has 3 aliphatic heterocycles. The van der Waals surface area contributed by atoms with Gasteiger partial charge in [0.2, 0.25) is 0 Å². The second-order valence-corrected chi connectivity index (χ2v) is 13.0. The molecule has 0 saturated carbocycles. The molecule has 2 fully saturated rings. The summed E-state index contributed by atoms with van der Waals surface area (Å²) in [6.45, 7) is 4.21. The number of anilines is 2. The van der Waals surface area contributed by atoms with Crippen molar-refractivity contribution in [1.29, 1.82) is 0 Å². The molecular formula is C34H48N6O4. The van der Waals surface area contributed by atoms with Gasteiger partial charge in [0.25, 0.3) is 0 Å². The highest BCUT2D eigenvalue weighted by atomic mass is 16.6. The van der Waals surface area contributed by atoms with E-state index in [-0.39, 0.29) is 17.8 Å². The van der Waals surface area contributed by atoms with E-state index in [2.05, 4.69) is 38.8 Å². The lowest BCUT2D eigenvalue weighted by atomic mass is 9.80. The van der Waals surface area contributed by atoms with Gasteiger partial charge in [-0.1, -0.05) is 37.5 Å². The minimum atomic E-state index is -0.446. The van der Waals surface area contributed by atoms with Crippen LogP contribution in [0.25, 0.3) is 11.1 Å². The molecule has 238 valence electrons. The maximum atomic E-state index is 14.0. The summed E-state index contributed by atoms with van der Waals surface area (Å²) in [5.41, 5.74) is 3.14. The largest absolute Gasteiger partial charge is 0.452 e. The first kappa shape index (κ1) is 30.6. The molecule has 2 saturated heterocycles. The summed E-state index contributed by atoms with van der Waals surface area (Å²) in [6, 6.07) is 5.95. The summed E-state index contributed by atoms with van der Waals surface area (Å²) in [5.74, 6) is 0. The molecular weight excluding hydrogens is 556 g/mol. The van der Waals surface area contributed by atoms with Gasteiger partial charge < -0.3 is 14.8 Å². The van der Waals surface area contributed by atoms with E-state index >= 15 is 0 Å². The Morgan fingerprint density at radius 2 is 1.77 bits per heavy atom. The fourth-order valence-electron chi connectivity index (χ4n) is 7.46. The maximum absolute atomic E-state index is 14.0. The van der Waals surface area contributed by atoms with Crippen LogP contribution >= 0.6 is 0 Å². The number of allylic oxidation sites excluding steroid dienone is 1. The highest BCUT2D eigenvalue weighted by Gasteiger charge is 2.40. The Morgan fingerprint density at radius 1 is 0.955 bits per heavy atom. The van der Waals surface area contributed by atoms with Gasteiger partial charge in [-0.05, 0) is 95.5 Å². The number of carbonyl (C=O) groups excluding carboxylic acids is 2. The second kappa shape index (κ2) is 13.7. The van der Waals surface area contributed by atoms with Gasteiger partial charge in [0.1, 0.15) is 0 Å². The molecule has 1 aromatic carbocycles. The number of amides is 2. The lowest BCUT2D eigenvalue weighted by Gasteiger charge is -2.43. The molecule has 4 aliphatic rings. The van der Waals surface area contributed by atoms with Gasteiger partial charge >= 0.3 is 12.2 Å². The zero-order valence-corrected chi connectivity index (χ0v) is 26.3. The average Bonchev–Trinajstić information content (AvgIpc) is 3.54. The molecule has 1 spiro atoms. The van der Waals surface area contributed by atoms with Crippen LogP contribution in [0.1, 0.15) is 90.0 Å². The van der Waals surface area contributed by atoms with Crippen molar-refractivity contribution in [1.82, 2.24) is 20.4 Å². The van der Waals surface area contributed by atoms with Crippen molar-refractivity contribution in [2.45, 2.75) is 108 Å². The predicted molar refractivity (Wildman–Crippen MR) is 172 cm³/mol. The molecule has 10 nitrogen and oxygen atoms in total. The number of piperidine rings is 2. The minimum absolute atomic E-state index is 0.0342. The van der Waals surface area contributed by atoms with E-state index in [1.165, 1.54) is 32.8 Å². The van der Waals surface area contributed by atoms with Crippen LogP contribution in [0, 0.1) is 0 Å². The van der Waals surface area contributed by atoms with Crippen molar-refractivity contribution in [3.8, 4) is 11.1 Å². The van der Waals surface area contributed by atoms with Crippen LogP contribution in [-0.4, -0.2) is 66.5 Å². The summed E-state index contributed by atoms with van der Waals surface area (Å²) in [5, 5.41) is 11.9. The zero-order chi connectivity index (χ0) is 30.5. The quantitative estimate of drug-likeness (QED) is 0.384.